The molecule has 0 spiro atoms. The number of fused-ring (bicyclic) bond motifs is 1. The lowest BCUT2D eigenvalue weighted by atomic mass is 10.1. The van der Waals surface area contributed by atoms with Crippen LogP contribution in [-0.4, -0.2) is 38.9 Å². The van der Waals surface area contributed by atoms with E-state index in [9.17, 15) is 4.79 Å². The zero-order chi connectivity index (χ0) is 18.7. The van der Waals surface area contributed by atoms with E-state index in [1.807, 2.05) is 44.4 Å². The number of hydrogen-bond donors (Lipinski definition) is 1. The van der Waals surface area contributed by atoms with Gasteiger partial charge in [0.05, 0.1) is 13.5 Å². The van der Waals surface area contributed by atoms with Crippen LogP contribution in [0.5, 0.6) is 5.75 Å². The van der Waals surface area contributed by atoms with E-state index in [1.54, 1.807) is 11.6 Å². The number of benzene rings is 1. The summed E-state index contributed by atoms with van der Waals surface area (Å²) in [7, 11) is 1.62. The lowest BCUT2D eigenvalue weighted by Gasteiger charge is -2.12. The predicted molar refractivity (Wildman–Crippen MR) is 101 cm³/mol. The Kier molecular flexibility index (Phi) is 5.41. The lowest BCUT2D eigenvalue weighted by Crippen LogP contribution is -2.26. The fourth-order valence-corrected chi connectivity index (χ4v) is 3.13. The van der Waals surface area contributed by atoms with Crippen LogP contribution in [0.25, 0.3) is 5.78 Å². The van der Waals surface area contributed by atoms with Crippen LogP contribution >= 0.6 is 11.8 Å². The Balaban J connectivity index is 1.76. The Morgan fingerprint density at radius 2 is 2.04 bits per heavy atom. The molecule has 1 aromatic carbocycles. The van der Waals surface area contributed by atoms with Gasteiger partial charge in [-0.05, 0) is 26.2 Å². The number of nitrogens with zero attached hydrogens (tertiary/aromatic N) is 4. The summed E-state index contributed by atoms with van der Waals surface area (Å²) in [6, 6.07) is 7.63. The molecule has 8 heteroatoms. The molecule has 0 saturated carbocycles. The molecule has 1 N–H and O–H groups in total. The van der Waals surface area contributed by atoms with E-state index >= 15 is 0 Å². The van der Waals surface area contributed by atoms with Crippen molar-refractivity contribution in [3.05, 3.63) is 46.8 Å². The topological polar surface area (TPSA) is 81.4 Å². The summed E-state index contributed by atoms with van der Waals surface area (Å²) in [5.41, 5.74) is 3.48. The molecule has 3 rings (SSSR count). The molecule has 0 saturated heterocycles. The number of hydrogen-bond acceptors (Lipinski definition) is 6. The summed E-state index contributed by atoms with van der Waals surface area (Å²) >= 11 is 1.46. The van der Waals surface area contributed by atoms with Crippen molar-refractivity contribution in [3.8, 4) is 5.75 Å². The summed E-state index contributed by atoms with van der Waals surface area (Å²) in [6.07, 6.45) is 2.16. The minimum absolute atomic E-state index is 0.0755. The second-order valence-electron chi connectivity index (χ2n) is 5.84. The fraction of sp³-hybridized carbons (Fsp3) is 0.333. The number of methoxy groups -OCH3 is 1. The third kappa shape index (κ3) is 3.65. The van der Waals surface area contributed by atoms with Crippen LogP contribution in [0.15, 0.2) is 29.4 Å². The summed E-state index contributed by atoms with van der Waals surface area (Å²) in [5, 5.41) is 8.02. The van der Waals surface area contributed by atoms with Crippen molar-refractivity contribution in [2.75, 3.05) is 13.4 Å². The van der Waals surface area contributed by atoms with Crippen molar-refractivity contribution >= 4 is 23.4 Å². The molecule has 7 nitrogen and oxygen atoms in total. The Morgan fingerprint density at radius 3 is 2.77 bits per heavy atom. The molecular formula is C18H21N5O2S. The van der Waals surface area contributed by atoms with E-state index in [0.717, 1.165) is 28.3 Å². The molecule has 0 aliphatic carbocycles. The first kappa shape index (κ1) is 18.2. The highest BCUT2D eigenvalue weighted by atomic mass is 32.2. The SMILES string of the molecule is COc1ccccc1CNC(=O)Cc1c(C)nc2nc(SC)nn2c1C. The number of aryl methyl sites for hydroxylation is 2. The number of nitrogens with one attached hydrogen (secondary N) is 1. The minimum Gasteiger partial charge on any atom is -0.496 e. The van der Waals surface area contributed by atoms with Crippen LogP contribution in [0.2, 0.25) is 0 Å². The number of para-hydroxylation sites is 1. The quantitative estimate of drug-likeness (QED) is 0.670. The third-order valence-corrected chi connectivity index (χ3v) is 4.76. The molecule has 0 atom stereocenters. The number of carbonyl (C=O) groups excluding carboxylic acids is 1. The second-order valence-corrected chi connectivity index (χ2v) is 6.61. The van der Waals surface area contributed by atoms with Gasteiger partial charge in [0.15, 0.2) is 0 Å². The average molecular weight is 371 g/mol. The molecule has 2 heterocycles. The van der Waals surface area contributed by atoms with E-state index in [4.69, 9.17) is 4.74 Å². The zero-order valence-electron chi connectivity index (χ0n) is 15.2. The van der Waals surface area contributed by atoms with Crippen molar-refractivity contribution in [1.29, 1.82) is 0 Å². The summed E-state index contributed by atoms with van der Waals surface area (Å²) in [6.45, 7) is 4.24. The van der Waals surface area contributed by atoms with Crippen LogP contribution in [0.4, 0.5) is 0 Å². The molecule has 136 valence electrons. The van der Waals surface area contributed by atoms with Gasteiger partial charge >= 0.3 is 0 Å². The van der Waals surface area contributed by atoms with Crippen molar-refractivity contribution in [2.24, 2.45) is 0 Å². The first-order valence-corrected chi connectivity index (χ1v) is 9.41. The minimum atomic E-state index is -0.0755. The first-order chi connectivity index (χ1) is 12.5. The van der Waals surface area contributed by atoms with Gasteiger partial charge in [0.1, 0.15) is 5.75 Å². The lowest BCUT2D eigenvalue weighted by molar-refractivity contribution is -0.120. The van der Waals surface area contributed by atoms with Gasteiger partial charge in [-0.15, -0.1) is 5.10 Å². The highest BCUT2D eigenvalue weighted by molar-refractivity contribution is 7.98. The Morgan fingerprint density at radius 1 is 1.27 bits per heavy atom. The Bertz CT molecular complexity index is 954. The highest BCUT2D eigenvalue weighted by Gasteiger charge is 2.16. The van der Waals surface area contributed by atoms with Crippen LogP contribution in [0, 0.1) is 13.8 Å². The van der Waals surface area contributed by atoms with Gasteiger partial charge in [0, 0.05) is 29.1 Å². The third-order valence-electron chi connectivity index (χ3n) is 4.22. The smallest absolute Gasteiger partial charge is 0.253 e. The maximum absolute atomic E-state index is 12.5. The van der Waals surface area contributed by atoms with Gasteiger partial charge in [-0.25, -0.2) is 9.50 Å². The van der Waals surface area contributed by atoms with Crippen LogP contribution in [-0.2, 0) is 17.8 Å². The largest absolute Gasteiger partial charge is 0.496 e. The van der Waals surface area contributed by atoms with Crippen molar-refractivity contribution in [1.82, 2.24) is 24.9 Å². The standard InChI is InChI=1S/C18H21N5O2S/c1-11-14(12(2)23-17(20-11)21-18(22-23)26-4)9-16(24)19-10-13-7-5-6-8-15(13)25-3/h5-8H,9-10H2,1-4H3,(H,19,24). The number of thioether (sulfide) groups is 1. The number of rotatable bonds is 6. The van der Waals surface area contributed by atoms with E-state index in [1.165, 1.54) is 11.8 Å². The van der Waals surface area contributed by atoms with Gasteiger partial charge in [-0.1, -0.05) is 30.0 Å². The predicted octanol–water partition coefficient (Wildman–Crippen LogP) is 2.33. The van der Waals surface area contributed by atoms with E-state index in [2.05, 4.69) is 20.4 Å². The molecule has 3 aromatic rings. The fourth-order valence-electron chi connectivity index (χ4n) is 2.80. The molecule has 0 unspecified atom stereocenters. The summed E-state index contributed by atoms with van der Waals surface area (Å²) in [4.78, 5) is 21.3. The average Bonchev–Trinajstić information content (AvgIpc) is 3.07. The van der Waals surface area contributed by atoms with E-state index in [0.29, 0.717) is 17.5 Å². The van der Waals surface area contributed by atoms with Gasteiger partial charge in [-0.2, -0.15) is 4.98 Å². The van der Waals surface area contributed by atoms with Gasteiger partial charge in [0.25, 0.3) is 5.78 Å². The van der Waals surface area contributed by atoms with Crippen LogP contribution in [0.1, 0.15) is 22.5 Å². The molecule has 0 aliphatic heterocycles. The molecule has 0 aliphatic rings. The molecule has 0 bridgehead atoms. The molecule has 1 amide bonds. The molecule has 2 aromatic heterocycles. The number of carbonyl (C=O) groups is 1. The van der Waals surface area contributed by atoms with E-state index < -0.39 is 0 Å². The molecule has 0 radical (unpaired) electrons. The summed E-state index contributed by atoms with van der Waals surface area (Å²) < 4.78 is 7.01. The van der Waals surface area contributed by atoms with E-state index in [-0.39, 0.29) is 12.3 Å². The Hall–Kier alpha value is -2.61. The first-order valence-electron chi connectivity index (χ1n) is 8.19. The number of amides is 1. The molecule has 0 fully saturated rings. The maximum atomic E-state index is 12.5. The monoisotopic (exact) mass is 371 g/mol. The molecule has 26 heavy (non-hydrogen) atoms. The van der Waals surface area contributed by atoms with Crippen molar-refractivity contribution in [3.63, 3.8) is 0 Å². The second kappa shape index (κ2) is 7.74. The van der Waals surface area contributed by atoms with Crippen LogP contribution in [0.3, 0.4) is 0 Å². The number of ether oxygens (including phenoxy) is 1. The summed E-state index contributed by atoms with van der Waals surface area (Å²) in [5.74, 6) is 1.24. The van der Waals surface area contributed by atoms with Crippen molar-refractivity contribution < 1.29 is 9.53 Å². The molecular weight excluding hydrogens is 350 g/mol. The normalized spacial score (nSPS) is 10.9. The highest BCUT2D eigenvalue weighted by Crippen LogP contribution is 2.18. The zero-order valence-corrected chi connectivity index (χ0v) is 16.1. The van der Waals surface area contributed by atoms with Gasteiger partial charge < -0.3 is 10.1 Å². The van der Waals surface area contributed by atoms with Crippen molar-refractivity contribution in [2.45, 2.75) is 32.0 Å². The van der Waals surface area contributed by atoms with Crippen LogP contribution < -0.4 is 10.1 Å². The Labute approximate surface area is 156 Å². The number of aromatic nitrogens is 4. The van der Waals surface area contributed by atoms with Gasteiger partial charge in [0.2, 0.25) is 11.1 Å². The maximum Gasteiger partial charge on any atom is 0.253 e. The van der Waals surface area contributed by atoms with Gasteiger partial charge in [-0.3, -0.25) is 4.79 Å².